The number of para-hydroxylation sites is 1. The average Bonchev–Trinajstić information content (AvgIpc) is 2.29. The third-order valence-electron chi connectivity index (χ3n) is 1.70. The maximum atomic E-state index is 13.1. The maximum absolute atomic E-state index is 13.1. The number of methoxy groups -OCH3 is 1. The second kappa shape index (κ2) is 5.65. The van der Waals surface area contributed by atoms with Crippen LogP contribution >= 0.6 is 0 Å². The fourth-order valence-electron chi connectivity index (χ4n) is 0.949. The van der Waals surface area contributed by atoms with Gasteiger partial charge in [0.2, 0.25) is 5.91 Å². The molecular formula is C11H10FNO3. The molecule has 0 aliphatic carbocycles. The van der Waals surface area contributed by atoms with E-state index in [0.29, 0.717) is 0 Å². The van der Waals surface area contributed by atoms with E-state index >= 15 is 0 Å². The van der Waals surface area contributed by atoms with Gasteiger partial charge in [0, 0.05) is 12.2 Å². The summed E-state index contributed by atoms with van der Waals surface area (Å²) in [4.78, 5) is 21.9. The Hall–Kier alpha value is -2.17. The zero-order valence-electron chi connectivity index (χ0n) is 8.57. The summed E-state index contributed by atoms with van der Waals surface area (Å²) in [6.45, 7) is 0. The standard InChI is InChI=1S/C11H10FNO3/c1-16-11(15)7-6-10(14)13-9-5-3-2-4-8(9)12/h2-7H,1H3,(H,13,14)/b7-6+. The van der Waals surface area contributed by atoms with Gasteiger partial charge in [0.05, 0.1) is 12.8 Å². The van der Waals surface area contributed by atoms with E-state index in [-0.39, 0.29) is 5.69 Å². The molecule has 0 aliphatic heterocycles. The molecule has 0 radical (unpaired) electrons. The Balaban J connectivity index is 2.62. The molecule has 0 aliphatic rings. The Morgan fingerprint density at radius 2 is 2.00 bits per heavy atom. The first-order valence-electron chi connectivity index (χ1n) is 4.45. The van der Waals surface area contributed by atoms with E-state index in [0.717, 1.165) is 12.2 Å². The number of anilines is 1. The van der Waals surface area contributed by atoms with Crippen LogP contribution in [0.25, 0.3) is 0 Å². The Bertz CT molecular complexity index is 429. The van der Waals surface area contributed by atoms with Crippen LogP contribution in [0.4, 0.5) is 10.1 Å². The van der Waals surface area contributed by atoms with E-state index in [2.05, 4.69) is 10.1 Å². The first kappa shape index (κ1) is 11.9. The number of hydrogen-bond acceptors (Lipinski definition) is 3. The molecule has 1 aromatic carbocycles. The van der Waals surface area contributed by atoms with Gasteiger partial charge in [0.1, 0.15) is 5.82 Å². The van der Waals surface area contributed by atoms with Gasteiger partial charge in [-0.1, -0.05) is 12.1 Å². The highest BCUT2D eigenvalue weighted by Gasteiger charge is 2.03. The van der Waals surface area contributed by atoms with Crippen molar-refractivity contribution in [1.29, 1.82) is 0 Å². The molecule has 1 aromatic rings. The van der Waals surface area contributed by atoms with Crippen molar-refractivity contribution >= 4 is 17.6 Å². The molecule has 5 heteroatoms. The van der Waals surface area contributed by atoms with Gasteiger partial charge >= 0.3 is 5.97 Å². The van der Waals surface area contributed by atoms with Gasteiger partial charge in [-0.05, 0) is 12.1 Å². The molecule has 0 bridgehead atoms. The SMILES string of the molecule is COC(=O)/C=C/C(=O)Nc1ccccc1F. The number of nitrogens with one attached hydrogen (secondary N) is 1. The summed E-state index contributed by atoms with van der Waals surface area (Å²) in [7, 11) is 1.20. The lowest BCUT2D eigenvalue weighted by atomic mass is 10.3. The molecule has 1 rings (SSSR count). The topological polar surface area (TPSA) is 55.4 Å². The molecule has 0 unspecified atom stereocenters. The summed E-state index contributed by atoms with van der Waals surface area (Å²) in [6, 6.07) is 5.73. The molecule has 16 heavy (non-hydrogen) atoms. The fourth-order valence-corrected chi connectivity index (χ4v) is 0.949. The summed E-state index contributed by atoms with van der Waals surface area (Å²) in [5.41, 5.74) is 0.0574. The van der Waals surface area contributed by atoms with Crippen LogP contribution in [0.15, 0.2) is 36.4 Å². The summed E-state index contributed by atoms with van der Waals surface area (Å²) < 4.78 is 17.4. The fraction of sp³-hybridized carbons (Fsp3) is 0.0909. The number of halogens is 1. The zero-order valence-corrected chi connectivity index (χ0v) is 8.57. The molecule has 84 valence electrons. The highest BCUT2D eigenvalue weighted by Crippen LogP contribution is 2.11. The monoisotopic (exact) mass is 223 g/mol. The minimum Gasteiger partial charge on any atom is -0.466 e. The van der Waals surface area contributed by atoms with Crippen LogP contribution in [-0.2, 0) is 14.3 Å². The first-order chi connectivity index (χ1) is 7.63. The molecule has 0 spiro atoms. The largest absolute Gasteiger partial charge is 0.466 e. The van der Waals surface area contributed by atoms with Gasteiger partial charge in [0.15, 0.2) is 0 Å². The predicted molar refractivity (Wildman–Crippen MR) is 56.2 cm³/mol. The minimum absolute atomic E-state index is 0.0574. The third kappa shape index (κ3) is 3.53. The van der Waals surface area contributed by atoms with Crippen LogP contribution in [0.1, 0.15) is 0 Å². The second-order valence-corrected chi connectivity index (χ2v) is 2.83. The van der Waals surface area contributed by atoms with E-state index < -0.39 is 17.7 Å². The van der Waals surface area contributed by atoms with Crippen molar-refractivity contribution in [2.75, 3.05) is 12.4 Å². The van der Waals surface area contributed by atoms with Gasteiger partial charge in [-0.25, -0.2) is 9.18 Å². The molecule has 1 amide bonds. The quantitative estimate of drug-likeness (QED) is 0.624. The molecule has 0 saturated heterocycles. The van der Waals surface area contributed by atoms with Crippen LogP contribution in [-0.4, -0.2) is 19.0 Å². The number of carbonyl (C=O) groups is 2. The summed E-state index contributed by atoms with van der Waals surface area (Å²) in [6.07, 6.45) is 1.93. The Labute approximate surface area is 91.7 Å². The average molecular weight is 223 g/mol. The molecule has 0 atom stereocenters. The van der Waals surface area contributed by atoms with Crippen molar-refractivity contribution in [3.63, 3.8) is 0 Å². The van der Waals surface area contributed by atoms with Gasteiger partial charge in [-0.15, -0.1) is 0 Å². The lowest BCUT2D eigenvalue weighted by molar-refractivity contribution is -0.135. The summed E-state index contributed by atoms with van der Waals surface area (Å²) in [5.74, 6) is -1.79. The molecule has 0 heterocycles. The van der Waals surface area contributed by atoms with Crippen LogP contribution in [0.5, 0.6) is 0 Å². The molecule has 0 saturated carbocycles. The van der Waals surface area contributed by atoms with E-state index in [4.69, 9.17) is 0 Å². The van der Waals surface area contributed by atoms with Crippen LogP contribution in [0, 0.1) is 5.82 Å². The normalized spacial score (nSPS) is 10.1. The van der Waals surface area contributed by atoms with E-state index in [1.807, 2.05) is 0 Å². The van der Waals surface area contributed by atoms with E-state index in [1.54, 1.807) is 6.07 Å². The number of carbonyl (C=O) groups excluding carboxylic acids is 2. The summed E-state index contributed by atoms with van der Waals surface area (Å²) in [5, 5.41) is 2.28. The number of amides is 1. The number of ether oxygens (including phenoxy) is 1. The Morgan fingerprint density at radius 3 is 2.62 bits per heavy atom. The van der Waals surface area contributed by atoms with Crippen molar-refractivity contribution < 1.29 is 18.7 Å². The lowest BCUT2D eigenvalue weighted by Gasteiger charge is -2.02. The number of benzene rings is 1. The van der Waals surface area contributed by atoms with Crippen molar-refractivity contribution in [2.45, 2.75) is 0 Å². The van der Waals surface area contributed by atoms with Crippen LogP contribution < -0.4 is 5.32 Å². The van der Waals surface area contributed by atoms with Crippen molar-refractivity contribution in [2.24, 2.45) is 0 Å². The van der Waals surface area contributed by atoms with Crippen molar-refractivity contribution in [1.82, 2.24) is 0 Å². The molecule has 0 aromatic heterocycles. The van der Waals surface area contributed by atoms with Crippen molar-refractivity contribution in [3.8, 4) is 0 Å². The number of rotatable bonds is 3. The minimum atomic E-state index is -0.649. The van der Waals surface area contributed by atoms with Gasteiger partial charge in [0.25, 0.3) is 0 Å². The van der Waals surface area contributed by atoms with Gasteiger partial charge in [-0.3, -0.25) is 4.79 Å². The van der Waals surface area contributed by atoms with Crippen LogP contribution in [0.3, 0.4) is 0 Å². The number of hydrogen-bond donors (Lipinski definition) is 1. The number of esters is 1. The van der Waals surface area contributed by atoms with Gasteiger partial charge < -0.3 is 10.1 Å². The van der Waals surface area contributed by atoms with Crippen molar-refractivity contribution in [3.05, 3.63) is 42.2 Å². The summed E-state index contributed by atoms with van der Waals surface area (Å²) >= 11 is 0. The molecule has 1 N–H and O–H groups in total. The first-order valence-corrected chi connectivity index (χ1v) is 4.45. The molecule has 4 nitrogen and oxygen atoms in total. The van der Waals surface area contributed by atoms with Crippen LogP contribution in [0.2, 0.25) is 0 Å². The lowest BCUT2D eigenvalue weighted by Crippen LogP contribution is -2.10. The molecular weight excluding hydrogens is 213 g/mol. The van der Waals surface area contributed by atoms with E-state index in [1.165, 1.54) is 25.3 Å². The Morgan fingerprint density at radius 1 is 1.31 bits per heavy atom. The van der Waals surface area contributed by atoms with Gasteiger partial charge in [-0.2, -0.15) is 0 Å². The highest BCUT2D eigenvalue weighted by atomic mass is 19.1. The smallest absolute Gasteiger partial charge is 0.330 e. The van der Waals surface area contributed by atoms with E-state index in [9.17, 15) is 14.0 Å². The third-order valence-corrected chi connectivity index (χ3v) is 1.70. The zero-order chi connectivity index (χ0) is 12.0. The maximum Gasteiger partial charge on any atom is 0.330 e. The predicted octanol–water partition coefficient (Wildman–Crippen LogP) is 1.49. The second-order valence-electron chi connectivity index (χ2n) is 2.83. The molecule has 0 fully saturated rings. The highest BCUT2D eigenvalue weighted by molar-refractivity contribution is 6.02. The Kier molecular flexibility index (Phi) is 4.20.